The van der Waals surface area contributed by atoms with Crippen molar-refractivity contribution in [1.82, 2.24) is 19.9 Å². The van der Waals surface area contributed by atoms with Crippen molar-refractivity contribution >= 4 is 23.1 Å². The largest absolute Gasteiger partial charge is 0.408 e. The molecule has 12 heteroatoms. The second-order valence-corrected chi connectivity index (χ2v) is 10.9. The minimum atomic E-state index is -0.514. The van der Waals surface area contributed by atoms with Gasteiger partial charge in [0, 0.05) is 24.1 Å². The summed E-state index contributed by atoms with van der Waals surface area (Å²) in [5.74, 6) is 1.68. The van der Waals surface area contributed by atoms with Crippen LogP contribution in [0.4, 0.5) is 11.5 Å². The van der Waals surface area contributed by atoms with Gasteiger partial charge in [-0.15, -0.1) is 0 Å². The number of non-ortho nitro benzene ring substituents is 1. The highest BCUT2D eigenvalue weighted by Gasteiger charge is 2.60. The van der Waals surface area contributed by atoms with Crippen LogP contribution in [0.2, 0.25) is 5.02 Å². The number of hydrogen-bond acceptors (Lipinski definition) is 8. The zero-order valence-electron chi connectivity index (χ0n) is 19.0. The third-order valence-electron chi connectivity index (χ3n) is 8.13. The molecule has 4 fully saturated rings. The molecule has 4 saturated carbocycles. The Balaban J connectivity index is 1.30. The van der Waals surface area contributed by atoms with E-state index in [1.54, 1.807) is 12.1 Å². The Hall–Kier alpha value is -3.34. The van der Waals surface area contributed by atoms with Crippen molar-refractivity contribution in [2.24, 2.45) is 17.3 Å². The Morgan fingerprint density at radius 1 is 1.11 bits per heavy atom. The molecule has 2 aromatic heterocycles. The molecule has 0 radical (unpaired) electrons. The standard InChI is InChI=1S/C23H23ClN6O5/c1-13-19(24)21(30(33)34)26-28(13)23-9-14-6-15(10-23)8-22(7-14,12-23)11-18-25-20(27-35-18)16-2-4-17(5-3-16)29(31)32/h2-5,14-15H,6-12H2,1H3. The molecule has 2 atom stereocenters. The molecule has 35 heavy (non-hydrogen) atoms. The fourth-order valence-corrected chi connectivity index (χ4v) is 7.59. The predicted octanol–water partition coefficient (Wildman–Crippen LogP) is 5.25. The Morgan fingerprint density at radius 2 is 1.80 bits per heavy atom. The van der Waals surface area contributed by atoms with Gasteiger partial charge in [0.05, 0.1) is 21.3 Å². The maximum Gasteiger partial charge on any atom is 0.408 e. The van der Waals surface area contributed by atoms with Gasteiger partial charge in [-0.25, -0.2) is 0 Å². The van der Waals surface area contributed by atoms with Gasteiger partial charge in [-0.2, -0.15) is 9.67 Å². The lowest BCUT2D eigenvalue weighted by atomic mass is 9.46. The van der Waals surface area contributed by atoms with Crippen molar-refractivity contribution in [1.29, 1.82) is 0 Å². The number of benzene rings is 1. The van der Waals surface area contributed by atoms with E-state index in [9.17, 15) is 20.2 Å². The van der Waals surface area contributed by atoms with Gasteiger partial charge < -0.3 is 14.6 Å². The highest BCUT2D eigenvalue weighted by atomic mass is 35.5. The Kier molecular flexibility index (Phi) is 4.79. The molecule has 182 valence electrons. The molecule has 1 aromatic carbocycles. The smallest absolute Gasteiger partial charge is 0.358 e. The fourth-order valence-electron chi connectivity index (χ4n) is 7.40. The lowest BCUT2D eigenvalue weighted by Gasteiger charge is -2.61. The molecule has 0 amide bonds. The molecule has 0 N–H and O–H groups in total. The van der Waals surface area contributed by atoms with Crippen LogP contribution in [-0.2, 0) is 12.0 Å². The van der Waals surface area contributed by atoms with Crippen molar-refractivity contribution in [2.45, 2.75) is 57.4 Å². The van der Waals surface area contributed by atoms with E-state index in [-0.39, 0.29) is 27.5 Å². The van der Waals surface area contributed by atoms with Crippen LogP contribution in [0.25, 0.3) is 11.4 Å². The summed E-state index contributed by atoms with van der Waals surface area (Å²) >= 11 is 6.31. The number of nitro benzene ring substituents is 1. The van der Waals surface area contributed by atoms with E-state index in [1.807, 2.05) is 11.6 Å². The normalized spacial score (nSPS) is 29.0. The van der Waals surface area contributed by atoms with Crippen LogP contribution in [0.3, 0.4) is 0 Å². The topological polar surface area (TPSA) is 143 Å². The molecule has 4 aliphatic carbocycles. The Morgan fingerprint density at radius 3 is 2.40 bits per heavy atom. The zero-order valence-corrected chi connectivity index (χ0v) is 19.8. The first-order valence-electron chi connectivity index (χ1n) is 11.6. The number of rotatable bonds is 6. The van der Waals surface area contributed by atoms with Gasteiger partial charge in [0.1, 0.15) is 0 Å². The van der Waals surface area contributed by atoms with Gasteiger partial charge >= 0.3 is 5.82 Å². The highest BCUT2D eigenvalue weighted by molar-refractivity contribution is 6.33. The fraction of sp³-hybridized carbons (Fsp3) is 0.522. The minimum Gasteiger partial charge on any atom is -0.358 e. The molecule has 4 bridgehead atoms. The minimum absolute atomic E-state index is 0.00517. The van der Waals surface area contributed by atoms with Gasteiger partial charge in [-0.05, 0) is 79.8 Å². The maximum atomic E-state index is 11.5. The first-order chi connectivity index (χ1) is 16.7. The SMILES string of the molecule is Cc1c(Cl)c([N+](=O)[O-])nn1C12CC3CC(CC(Cc4nc(-c5ccc([N+](=O)[O-])cc5)no4)(C3)C1)C2. The van der Waals surface area contributed by atoms with Gasteiger partial charge in [-0.1, -0.05) is 16.8 Å². The van der Waals surface area contributed by atoms with E-state index in [4.69, 9.17) is 16.1 Å². The van der Waals surface area contributed by atoms with E-state index in [1.165, 1.54) is 12.1 Å². The molecule has 0 aliphatic heterocycles. The third kappa shape index (κ3) is 3.51. The lowest BCUT2D eigenvalue weighted by molar-refractivity contribution is -0.389. The zero-order chi connectivity index (χ0) is 24.5. The number of nitro groups is 2. The molecule has 0 spiro atoms. The summed E-state index contributed by atoms with van der Waals surface area (Å²) in [5.41, 5.74) is 0.956. The molecule has 11 nitrogen and oxygen atoms in total. The van der Waals surface area contributed by atoms with E-state index < -0.39 is 9.85 Å². The Labute approximate surface area is 204 Å². The molecule has 7 rings (SSSR count). The third-order valence-corrected chi connectivity index (χ3v) is 8.57. The van der Waals surface area contributed by atoms with Crippen LogP contribution in [-0.4, -0.2) is 29.8 Å². The second kappa shape index (κ2) is 7.58. The quantitative estimate of drug-likeness (QED) is 0.331. The monoisotopic (exact) mass is 498 g/mol. The summed E-state index contributed by atoms with van der Waals surface area (Å²) < 4.78 is 7.47. The van der Waals surface area contributed by atoms with Gasteiger partial charge in [0.25, 0.3) is 5.69 Å². The molecule has 4 aliphatic rings. The van der Waals surface area contributed by atoms with Gasteiger partial charge in [0.2, 0.25) is 11.7 Å². The van der Waals surface area contributed by atoms with Crippen LogP contribution in [0, 0.1) is 44.4 Å². The summed E-state index contributed by atoms with van der Waals surface area (Å²) in [6.07, 6.45) is 6.61. The van der Waals surface area contributed by atoms with Crippen molar-refractivity contribution < 1.29 is 14.4 Å². The maximum absolute atomic E-state index is 11.5. The lowest BCUT2D eigenvalue weighted by Crippen LogP contribution is -2.57. The van der Waals surface area contributed by atoms with Crippen LogP contribution >= 0.6 is 11.6 Å². The average Bonchev–Trinajstić information content (AvgIpc) is 3.37. The molecule has 2 heterocycles. The van der Waals surface area contributed by atoms with Crippen LogP contribution in [0.15, 0.2) is 28.8 Å². The summed E-state index contributed by atoms with van der Waals surface area (Å²) in [4.78, 5) is 26.0. The van der Waals surface area contributed by atoms with E-state index in [0.717, 1.165) is 38.5 Å². The van der Waals surface area contributed by atoms with Crippen molar-refractivity contribution in [3.8, 4) is 11.4 Å². The van der Waals surface area contributed by atoms with Crippen LogP contribution in [0.5, 0.6) is 0 Å². The first-order valence-corrected chi connectivity index (χ1v) is 12.0. The summed E-state index contributed by atoms with van der Waals surface area (Å²) in [7, 11) is 0. The summed E-state index contributed by atoms with van der Waals surface area (Å²) in [5, 5.41) is 31.0. The van der Waals surface area contributed by atoms with Crippen LogP contribution < -0.4 is 0 Å². The number of aromatic nitrogens is 4. The van der Waals surface area contributed by atoms with E-state index in [0.29, 0.717) is 41.2 Å². The molecular formula is C23H23ClN6O5. The number of hydrogen-bond donors (Lipinski definition) is 0. The van der Waals surface area contributed by atoms with Crippen molar-refractivity contribution in [2.75, 3.05) is 0 Å². The van der Waals surface area contributed by atoms with Crippen molar-refractivity contribution in [3.63, 3.8) is 0 Å². The molecule has 2 unspecified atom stereocenters. The van der Waals surface area contributed by atoms with E-state index in [2.05, 4.69) is 15.2 Å². The van der Waals surface area contributed by atoms with Gasteiger partial charge in [0.15, 0.2) is 5.02 Å². The first kappa shape index (κ1) is 22.1. The summed E-state index contributed by atoms with van der Waals surface area (Å²) in [6, 6.07) is 6.07. The molecular weight excluding hydrogens is 476 g/mol. The highest BCUT2D eigenvalue weighted by Crippen LogP contribution is 2.65. The number of nitrogens with zero attached hydrogens (tertiary/aromatic N) is 6. The second-order valence-electron chi connectivity index (χ2n) is 10.6. The van der Waals surface area contributed by atoms with Gasteiger partial charge in [-0.3, -0.25) is 10.1 Å². The summed E-state index contributed by atoms with van der Waals surface area (Å²) in [6.45, 7) is 1.81. The predicted molar refractivity (Wildman–Crippen MR) is 124 cm³/mol. The van der Waals surface area contributed by atoms with E-state index >= 15 is 0 Å². The molecule has 0 saturated heterocycles. The van der Waals surface area contributed by atoms with Crippen LogP contribution in [0.1, 0.15) is 50.1 Å². The average molecular weight is 499 g/mol. The molecule has 3 aromatic rings. The Bertz CT molecular complexity index is 1330. The van der Waals surface area contributed by atoms with Crippen molar-refractivity contribution in [3.05, 3.63) is 61.1 Å². The number of halogens is 1.